The van der Waals surface area contributed by atoms with E-state index >= 15 is 0 Å². The van der Waals surface area contributed by atoms with E-state index in [9.17, 15) is 4.39 Å². The summed E-state index contributed by atoms with van der Waals surface area (Å²) < 4.78 is 15.9. The van der Waals surface area contributed by atoms with Crippen LogP contribution in [-0.4, -0.2) is 11.1 Å². The number of nitrogens with zero attached hydrogens (tertiary/aromatic N) is 1. The first-order valence-electron chi connectivity index (χ1n) is 5.24. The third-order valence-electron chi connectivity index (χ3n) is 3.25. The first-order valence-corrected chi connectivity index (χ1v) is 5.24. The normalized spacial score (nSPS) is 15.6. The van der Waals surface area contributed by atoms with Crippen molar-refractivity contribution in [1.29, 1.82) is 0 Å². The molecule has 3 heteroatoms. The quantitative estimate of drug-likeness (QED) is 0.694. The molecule has 78 valence electrons. The fourth-order valence-electron chi connectivity index (χ4n) is 2.51. The van der Waals surface area contributed by atoms with Gasteiger partial charge >= 0.3 is 0 Å². The molecule has 1 aliphatic heterocycles. The Morgan fingerprint density at radius 3 is 3.13 bits per heavy atom. The van der Waals surface area contributed by atoms with E-state index in [1.165, 1.54) is 11.8 Å². The van der Waals surface area contributed by atoms with Crippen molar-refractivity contribution in [1.82, 2.24) is 9.88 Å². The Balaban J connectivity index is 2.44. The van der Waals surface area contributed by atoms with Gasteiger partial charge in [-0.15, -0.1) is 0 Å². The smallest absolute Gasteiger partial charge is 0.132 e. The van der Waals surface area contributed by atoms with Crippen LogP contribution in [0.25, 0.3) is 10.9 Å². The monoisotopic (exact) mass is 204 g/mol. The van der Waals surface area contributed by atoms with Crippen LogP contribution < -0.4 is 5.32 Å². The Morgan fingerprint density at radius 1 is 1.40 bits per heavy atom. The SMILES string of the molecule is Cn1c2c(c3c(F)cccc31)CNCC2. The van der Waals surface area contributed by atoms with Crippen molar-refractivity contribution in [2.45, 2.75) is 13.0 Å². The van der Waals surface area contributed by atoms with Crippen molar-refractivity contribution in [3.63, 3.8) is 0 Å². The molecule has 0 atom stereocenters. The second-order valence-electron chi connectivity index (χ2n) is 4.05. The van der Waals surface area contributed by atoms with Crippen LogP contribution in [0.5, 0.6) is 0 Å². The Labute approximate surface area is 87.7 Å². The van der Waals surface area contributed by atoms with Gasteiger partial charge in [0, 0.05) is 37.6 Å². The Hall–Kier alpha value is -1.35. The molecule has 0 bridgehead atoms. The number of benzene rings is 1. The van der Waals surface area contributed by atoms with Crippen LogP contribution in [0.15, 0.2) is 18.2 Å². The minimum absolute atomic E-state index is 0.104. The zero-order valence-corrected chi connectivity index (χ0v) is 8.68. The van der Waals surface area contributed by atoms with Crippen molar-refractivity contribution in [3.8, 4) is 0 Å². The van der Waals surface area contributed by atoms with Crippen LogP contribution in [0.4, 0.5) is 4.39 Å². The highest BCUT2D eigenvalue weighted by Crippen LogP contribution is 2.29. The van der Waals surface area contributed by atoms with E-state index in [0.29, 0.717) is 0 Å². The number of nitrogens with one attached hydrogen (secondary N) is 1. The molecule has 15 heavy (non-hydrogen) atoms. The molecular formula is C12H13FN2. The zero-order valence-electron chi connectivity index (χ0n) is 8.68. The first-order chi connectivity index (χ1) is 7.29. The van der Waals surface area contributed by atoms with E-state index in [2.05, 4.69) is 9.88 Å². The van der Waals surface area contributed by atoms with Gasteiger partial charge in [-0.05, 0) is 17.7 Å². The minimum Gasteiger partial charge on any atom is -0.347 e. The molecule has 0 saturated heterocycles. The highest BCUT2D eigenvalue weighted by atomic mass is 19.1. The lowest BCUT2D eigenvalue weighted by Gasteiger charge is -2.14. The van der Waals surface area contributed by atoms with Crippen LogP contribution in [-0.2, 0) is 20.0 Å². The van der Waals surface area contributed by atoms with E-state index in [1.54, 1.807) is 6.07 Å². The molecule has 1 aromatic carbocycles. The van der Waals surface area contributed by atoms with Crippen LogP contribution in [0.2, 0.25) is 0 Å². The molecule has 0 amide bonds. The van der Waals surface area contributed by atoms with E-state index < -0.39 is 0 Å². The van der Waals surface area contributed by atoms with E-state index in [1.807, 2.05) is 13.1 Å². The molecule has 0 fully saturated rings. The average molecular weight is 204 g/mol. The summed E-state index contributed by atoms with van der Waals surface area (Å²) in [7, 11) is 2.02. The first kappa shape index (κ1) is 8.92. The number of aryl methyl sites for hydroxylation is 1. The lowest BCUT2D eigenvalue weighted by molar-refractivity contribution is 0.615. The van der Waals surface area contributed by atoms with Crippen molar-refractivity contribution in [2.24, 2.45) is 7.05 Å². The number of fused-ring (bicyclic) bond motifs is 3. The molecule has 1 aliphatic rings. The standard InChI is InChI=1S/C12H13FN2/c1-15-10-5-6-14-7-8(10)12-9(13)3-2-4-11(12)15/h2-4,14H,5-7H2,1H3. The molecular weight excluding hydrogens is 191 g/mol. The molecule has 2 aromatic rings. The topological polar surface area (TPSA) is 17.0 Å². The van der Waals surface area contributed by atoms with Gasteiger partial charge in [-0.2, -0.15) is 0 Å². The van der Waals surface area contributed by atoms with Gasteiger partial charge < -0.3 is 9.88 Å². The van der Waals surface area contributed by atoms with Crippen molar-refractivity contribution in [3.05, 3.63) is 35.3 Å². The van der Waals surface area contributed by atoms with Gasteiger partial charge in [-0.3, -0.25) is 0 Å². The molecule has 0 unspecified atom stereocenters. The molecule has 0 spiro atoms. The molecule has 3 rings (SSSR count). The minimum atomic E-state index is -0.104. The number of aromatic nitrogens is 1. The fraction of sp³-hybridized carbons (Fsp3) is 0.333. The van der Waals surface area contributed by atoms with Crippen molar-refractivity contribution in [2.75, 3.05) is 6.54 Å². The van der Waals surface area contributed by atoms with Gasteiger partial charge in [0.25, 0.3) is 0 Å². The summed E-state index contributed by atoms with van der Waals surface area (Å²) in [6.07, 6.45) is 0.986. The summed E-state index contributed by atoms with van der Waals surface area (Å²) in [6, 6.07) is 5.30. The second kappa shape index (κ2) is 3.07. The molecule has 1 aromatic heterocycles. The third-order valence-corrected chi connectivity index (χ3v) is 3.25. The highest BCUT2D eigenvalue weighted by molar-refractivity contribution is 5.86. The second-order valence-corrected chi connectivity index (χ2v) is 4.05. The Morgan fingerprint density at radius 2 is 2.27 bits per heavy atom. The average Bonchev–Trinajstić information content (AvgIpc) is 2.55. The summed E-state index contributed by atoms with van der Waals surface area (Å²) in [5.41, 5.74) is 3.41. The summed E-state index contributed by atoms with van der Waals surface area (Å²) in [5, 5.41) is 4.09. The molecule has 0 saturated carbocycles. The zero-order chi connectivity index (χ0) is 10.4. The lowest BCUT2D eigenvalue weighted by Crippen LogP contribution is -2.24. The summed E-state index contributed by atoms with van der Waals surface area (Å²) >= 11 is 0. The van der Waals surface area contributed by atoms with Crippen LogP contribution >= 0.6 is 0 Å². The maximum absolute atomic E-state index is 13.7. The maximum atomic E-state index is 13.7. The van der Waals surface area contributed by atoms with E-state index in [0.717, 1.165) is 36.0 Å². The molecule has 0 radical (unpaired) electrons. The fourth-order valence-corrected chi connectivity index (χ4v) is 2.51. The van der Waals surface area contributed by atoms with E-state index in [-0.39, 0.29) is 5.82 Å². The largest absolute Gasteiger partial charge is 0.347 e. The summed E-state index contributed by atoms with van der Waals surface area (Å²) in [5.74, 6) is -0.104. The molecule has 1 N–H and O–H groups in total. The summed E-state index contributed by atoms with van der Waals surface area (Å²) in [4.78, 5) is 0. The number of rotatable bonds is 0. The van der Waals surface area contributed by atoms with Crippen LogP contribution in [0.1, 0.15) is 11.3 Å². The van der Waals surface area contributed by atoms with Gasteiger partial charge in [0.15, 0.2) is 0 Å². The maximum Gasteiger partial charge on any atom is 0.132 e. The van der Waals surface area contributed by atoms with Gasteiger partial charge in [-0.1, -0.05) is 6.07 Å². The molecule has 2 nitrogen and oxygen atoms in total. The Bertz CT molecular complexity index is 528. The van der Waals surface area contributed by atoms with Gasteiger partial charge in [0.2, 0.25) is 0 Å². The number of hydrogen-bond donors (Lipinski definition) is 1. The number of hydrogen-bond acceptors (Lipinski definition) is 1. The Kier molecular flexibility index (Phi) is 1.83. The predicted octanol–water partition coefficient (Wildman–Crippen LogP) is 1.96. The molecule has 0 aliphatic carbocycles. The lowest BCUT2D eigenvalue weighted by atomic mass is 10.1. The van der Waals surface area contributed by atoms with E-state index in [4.69, 9.17) is 0 Å². The highest BCUT2D eigenvalue weighted by Gasteiger charge is 2.19. The third kappa shape index (κ3) is 1.13. The van der Waals surface area contributed by atoms with Gasteiger partial charge in [0.05, 0.1) is 5.52 Å². The van der Waals surface area contributed by atoms with Crippen LogP contribution in [0, 0.1) is 5.82 Å². The number of halogens is 1. The van der Waals surface area contributed by atoms with Gasteiger partial charge in [0.1, 0.15) is 5.82 Å². The summed E-state index contributed by atoms with van der Waals surface area (Å²) in [6.45, 7) is 1.77. The predicted molar refractivity (Wildman–Crippen MR) is 58.3 cm³/mol. The molecule has 2 heterocycles. The van der Waals surface area contributed by atoms with Crippen molar-refractivity contribution < 1.29 is 4.39 Å². The van der Waals surface area contributed by atoms with Gasteiger partial charge in [-0.25, -0.2) is 4.39 Å². The van der Waals surface area contributed by atoms with Crippen molar-refractivity contribution >= 4 is 10.9 Å². The van der Waals surface area contributed by atoms with Crippen LogP contribution in [0.3, 0.4) is 0 Å².